The number of rotatable bonds is 6. The minimum atomic E-state index is 0.00788. The summed E-state index contributed by atoms with van der Waals surface area (Å²) in [7, 11) is 0. The normalized spacial score (nSPS) is 12.3. The zero-order valence-electron chi connectivity index (χ0n) is 12.8. The van der Waals surface area contributed by atoms with Gasteiger partial charge in [0.15, 0.2) is 0 Å². The molecule has 0 aliphatic heterocycles. The van der Waals surface area contributed by atoms with Crippen molar-refractivity contribution in [3.8, 4) is 0 Å². The van der Waals surface area contributed by atoms with Gasteiger partial charge in [0.05, 0.1) is 6.04 Å². The van der Waals surface area contributed by atoms with Crippen LogP contribution in [0.1, 0.15) is 23.0 Å². The van der Waals surface area contributed by atoms with Gasteiger partial charge in [-0.1, -0.05) is 46.9 Å². The standard InChI is InChI=1S/C18H16Cl3N3/c19-14-3-1-2-12(6-14)11-24-17(18-22-4-5-23-18)9-13-7-15(20)10-16(21)8-13/h1-8,10,17,24H,9,11H2,(H,22,23). The minimum absolute atomic E-state index is 0.00788. The SMILES string of the molecule is Clc1cccc(CNC(Cc2cc(Cl)cc(Cl)c2)c2ncc[nH]2)c1. The third-order valence-corrected chi connectivity index (χ3v) is 4.32. The summed E-state index contributed by atoms with van der Waals surface area (Å²) in [4.78, 5) is 7.55. The van der Waals surface area contributed by atoms with Gasteiger partial charge >= 0.3 is 0 Å². The molecule has 124 valence electrons. The van der Waals surface area contributed by atoms with Crippen molar-refractivity contribution in [3.63, 3.8) is 0 Å². The Bertz CT molecular complexity index is 783. The molecule has 1 aromatic heterocycles. The number of nitrogens with one attached hydrogen (secondary N) is 2. The molecular formula is C18H16Cl3N3. The molecule has 2 N–H and O–H groups in total. The van der Waals surface area contributed by atoms with Gasteiger partial charge in [0.2, 0.25) is 0 Å². The van der Waals surface area contributed by atoms with Gasteiger partial charge in [0.1, 0.15) is 5.82 Å². The van der Waals surface area contributed by atoms with E-state index in [1.807, 2.05) is 42.6 Å². The molecule has 0 bridgehead atoms. The maximum absolute atomic E-state index is 6.11. The summed E-state index contributed by atoms with van der Waals surface area (Å²) in [5.74, 6) is 0.869. The van der Waals surface area contributed by atoms with E-state index in [4.69, 9.17) is 34.8 Å². The Morgan fingerprint density at radius 2 is 1.71 bits per heavy atom. The number of halogens is 3. The second-order valence-corrected chi connectivity index (χ2v) is 6.83. The maximum Gasteiger partial charge on any atom is 0.123 e. The van der Waals surface area contributed by atoms with Gasteiger partial charge < -0.3 is 10.3 Å². The first kappa shape index (κ1) is 17.3. The van der Waals surface area contributed by atoms with Crippen LogP contribution in [0.4, 0.5) is 0 Å². The molecule has 3 nitrogen and oxygen atoms in total. The number of nitrogens with zero attached hydrogens (tertiary/aromatic N) is 1. The second-order valence-electron chi connectivity index (χ2n) is 5.52. The molecule has 0 saturated heterocycles. The van der Waals surface area contributed by atoms with Gasteiger partial charge in [0.25, 0.3) is 0 Å². The van der Waals surface area contributed by atoms with Gasteiger partial charge in [-0.05, 0) is 47.9 Å². The largest absolute Gasteiger partial charge is 0.347 e. The first-order valence-electron chi connectivity index (χ1n) is 7.52. The summed E-state index contributed by atoms with van der Waals surface area (Å²) in [6.07, 6.45) is 4.27. The average Bonchev–Trinajstić information content (AvgIpc) is 3.05. The molecule has 2 aromatic carbocycles. The van der Waals surface area contributed by atoms with E-state index >= 15 is 0 Å². The summed E-state index contributed by atoms with van der Waals surface area (Å²) >= 11 is 18.3. The lowest BCUT2D eigenvalue weighted by Crippen LogP contribution is -2.24. The van der Waals surface area contributed by atoms with E-state index in [0.29, 0.717) is 23.0 Å². The Labute approximate surface area is 156 Å². The van der Waals surface area contributed by atoms with Crippen molar-refractivity contribution >= 4 is 34.8 Å². The van der Waals surface area contributed by atoms with Crippen LogP contribution >= 0.6 is 34.8 Å². The molecule has 3 rings (SSSR count). The number of aromatic nitrogens is 2. The van der Waals surface area contributed by atoms with Crippen molar-refractivity contribution in [2.24, 2.45) is 0 Å². The van der Waals surface area contributed by atoms with Crippen LogP contribution < -0.4 is 5.32 Å². The Morgan fingerprint density at radius 3 is 2.38 bits per heavy atom. The molecule has 0 amide bonds. The molecule has 3 aromatic rings. The van der Waals surface area contributed by atoms with Crippen LogP contribution in [-0.2, 0) is 13.0 Å². The lowest BCUT2D eigenvalue weighted by atomic mass is 10.0. The van der Waals surface area contributed by atoms with E-state index in [-0.39, 0.29) is 6.04 Å². The topological polar surface area (TPSA) is 40.7 Å². The molecular weight excluding hydrogens is 365 g/mol. The quantitative estimate of drug-likeness (QED) is 0.597. The molecule has 0 aliphatic rings. The molecule has 0 aliphatic carbocycles. The number of hydrogen-bond acceptors (Lipinski definition) is 2. The molecule has 1 unspecified atom stereocenters. The fourth-order valence-corrected chi connectivity index (χ4v) is 3.37. The highest BCUT2D eigenvalue weighted by atomic mass is 35.5. The Balaban J connectivity index is 1.76. The van der Waals surface area contributed by atoms with Gasteiger partial charge in [-0.25, -0.2) is 4.98 Å². The van der Waals surface area contributed by atoms with E-state index in [1.54, 1.807) is 12.3 Å². The van der Waals surface area contributed by atoms with Crippen molar-refractivity contribution in [1.29, 1.82) is 0 Å². The molecule has 1 atom stereocenters. The summed E-state index contributed by atoms with van der Waals surface area (Å²) in [6, 6.07) is 13.4. The van der Waals surface area contributed by atoms with Gasteiger partial charge in [-0.3, -0.25) is 0 Å². The Morgan fingerprint density at radius 1 is 0.958 bits per heavy atom. The molecule has 24 heavy (non-hydrogen) atoms. The maximum atomic E-state index is 6.11. The summed E-state index contributed by atoms with van der Waals surface area (Å²) in [5, 5.41) is 5.50. The van der Waals surface area contributed by atoms with Crippen molar-refractivity contribution < 1.29 is 0 Å². The molecule has 6 heteroatoms. The molecule has 0 fully saturated rings. The fourth-order valence-electron chi connectivity index (χ4n) is 2.59. The van der Waals surface area contributed by atoms with E-state index in [2.05, 4.69) is 15.3 Å². The minimum Gasteiger partial charge on any atom is -0.347 e. The van der Waals surface area contributed by atoms with Crippen molar-refractivity contribution in [3.05, 3.63) is 86.9 Å². The first-order chi connectivity index (χ1) is 11.6. The predicted octanol–water partition coefficient (Wildman–Crippen LogP) is 5.44. The van der Waals surface area contributed by atoms with E-state index < -0.39 is 0 Å². The first-order valence-corrected chi connectivity index (χ1v) is 8.65. The summed E-state index contributed by atoms with van der Waals surface area (Å²) in [5.41, 5.74) is 2.16. The number of H-pyrrole nitrogens is 1. The van der Waals surface area contributed by atoms with Crippen LogP contribution in [0.25, 0.3) is 0 Å². The predicted molar refractivity (Wildman–Crippen MR) is 99.8 cm³/mol. The second kappa shape index (κ2) is 8.04. The third-order valence-electron chi connectivity index (χ3n) is 3.65. The third kappa shape index (κ3) is 4.74. The highest BCUT2D eigenvalue weighted by Crippen LogP contribution is 2.23. The van der Waals surface area contributed by atoms with Gasteiger partial charge in [-0.2, -0.15) is 0 Å². The number of hydrogen-bond donors (Lipinski definition) is 2. The highest BCUT2D eigenvalue weighted by Gasteiger charge is 2.15. The van der Waals surface area contributed by atoms with Crippen LogP contribution in [0.5, 0.6) is 0 Å². The molecule has 0 radical (unpaired) electrons. The van der Waals surface area contributed by atoms with Crippen LogP contribution in [0.15, 0.2) is 54.9 Å². The van der Waals surface area contributed by atoms with Crippen LogP contribution in [0.2, 0.25) is 15.1 Å². The smallest absolute Gasteiger partial charge is 0.123 e. The van der Waals surface area contributed by atoms with E-state index in [9.17, 15) is 0 Å². The van der Waals surface area contributed by atoms with Crippen molar-refractivity contribution in [1.82, 2.24) is 15.3 Å². The fraction of sp³-hybridized carbons (Fsp3) is 0.167. The van der Waals surface area contributed by atoms with Gasteiger partial charge in [0, 0.05) is 34.0 Å². The van der Waals surface area contributed by atoms with Crippen LogP contribution in [-0.4, -0.2) is 9.97 Å². The summed E-state index contributed by atoms with van der Waals surface area (Å²) in [6.45, 7) is 0.681. The number of benzene rings is 2. The molecule has 0 saturated carbocycles. The Hall–Kier alpha value is -1.52. The van der Waals surface area contributed by atoms with E-state index in [1.165, 1.54) is 0 Å². The lowest BCUT2D eigenvalue weighted by molar-refractivity contribution is 0.508. The van der Waals surface area contributed by atoms with E-state index in [0.717, 1.165) is 22.0 Å². The van der Waals surface area contributed by atoms with Crippen molar-refractivity contribution in [2.45, 2.75) is 19.0 Å². The highest BCUT2D eigenvalue weighted by molar-refractivity contribution is 6.34. The Kier molecular flexibility index (Phi) is 5.80. The zero-order chi connectivity index (χ0) is 16.9. The lowest BCUT2D eigenvalue weighted by Gasteiger charge is -2.17. The van der Waals surface area contributed by atoms with Gasteiger partial charge in [-0.15, -0.1) is 0 Å². The monoisotopic (exact) mass is 379 g/mol. The molecule has 0 spiro atoms. The summed E-state index contributed by atoms with van der Waals surface area (Å²) < 4.78 is 0. The van der Waals surface area contributed by atoms with Crippen LogP contribution in [0, 0.1) is 0 Å². The number of imidazole rings is 1. The average molecular weight is 381 g/mol. The zero-order valence-corrected chi connectivity index (χ0v) is 15.0. The number of aromatic amines is 1. The van der Waals surface area contributed by atoms with Crippen LogP contribution in [0.3, 0.4) is 0 Å². The van der Waals surface area contributed by atoms with Crippen molar-refractivity contribution in [2.75, 3.05) is 0 Å². The molecule has 1 heterocycles.